The lowest BCUT2D eigenvalue weighted by molar-refractivity contribution is -0.131. The molecule has 0 bridgehead atoms. The van der Waals surface area contributed by atoms with E-state index in [1.165, 1.54) is 11.0 Å². The largest absolute Gasteiger partial charge is 0.493 e. The highest BCUT2D eigenvalue weighted by atomic mass is 16.5. The van der Waals surface area contributed by atoms with E-state index in [0.29, 0.717) is 11.5 Å². The summed E-state index contributed by atoms with van der Waals surface area (Å²) in [4.78, 5) is 25.4. The number of benzene rings is 1. The van der Waals surface area contributed by atoms with Crippen molar-refractivity contribution in [2.75, 3.05) is 27.8 Å². The van der Waals surface area contributed by atoms with E-state index in [0.717, 1.165) is 5.56 Å². The fraction of sp³-hybridized carbons (Fsp3) is 0.444. The summed E-state index contributed by atoms with van der Waals surface area (Å²) in [7, 11) is 4.68. The zero-order valence-corrected chi connectivity index (χ0v) is 15.2. The summed E-state index contributed by atoms with van der Waals surface area (Å²) in [5.41, 5.74) is 0.392. The van der Waals surface area contributed by atoms with Crippen molar-refractivity contribution in [3.63, 3.8) is 0 Å². The maximum Gasteiger partial charge on any atom is 0.246 e. The van der Waals surface area contributed by atoms with Crippen LogP contribution < -0.4 is 14.8 Å². The lowest BCUT2D eigenvalue weighted by Gasteiger charge is -2.22. The van der Waals surface area contributed by atoms with Crippen molar-refractivity contribution in [3.05, 3.63) is 29.8 Å². The summed E-state index contributed by atoms with van der Waals surface area (Å²) in [5.74, 6) is 0.664. The molecule has 1 aromatic rings. The maximum absolute atomic E-state index is 12.2. The van der Waals surface area contributed by atoms with Crippen LogP contribution >= 0.6 is 0 Å². The molecule has 0 aliphatic heterocycles. The van der Waals surface area contributed by atoms with Crippen LogP contribution in [0, 0.1) is 0 Å². The van der Waals surface area contributed by atoms with Gasteiger partial charge in [-0.15, -0.1) is 0 Å². The van der Waals surface area contributed by atoms with Crippen LogP contribution in [0.5, 0.6) is 11.5 Å². The maximum atomic E-state index is 12.2. The summed E-state index contributed by atoms with van der Waals surface area (Å²) < 4.78 is 10.5. The Bertz CT molecular complexity index is 618. The van der Waals surface area contributed by atoms with Crippen LogP contribution in [-0.4, -0.2) is 50.1 Å². The van der Waals surface area contributed by atoms with Gasteiger partial charge in [0.1, 0.15) is 0 Å². The highest BCUT2D eigenvalue weighted by molar-refractivity contribution is 5.94. The van der Waals surface area contributed by atoms with Crippen molar-refractivity contribution >= 4 is 17.9 Å². The molecule has 0 fully saturated rings. The van der Waals surface area contributed by atoms with E-state index in [1.54, 1.807) is 33.4 Å². The van der Waals surface area contributed by atoms with Crippen molar-refractivity contribution in [2.24, 2.45) is 0 Å². The number of amides is 2. The van der Waals surface area contributed by atoms with E-state index in [1.807, 2.05) is 32.9 Å². The summed E-state index contributed by atoms with van der Waals surface area (Å²) >= 11 is 0. The molecule has 0 aliphatic carbocycles. The van der Waals surface area contributed by atoms with Gasteiger partial charge in [-0.25, -0.2) is 0 Å². The van der Waals surface area contributed by atoms with Gasteiger partial charge in [-0.3, -0.25) is 9.59 Å². The first-order valence-corrected chi connectivity index (χ1v) is 7.63. The zero-order valence-electron chi connectivity index (χ0n) is 15.2. The van der Waals surface area contributed by atoms with Crippen LogP contribution in [0.2, 0.25) is 0 Å². The molecule has 0 saturated carbocycles. The van der Waals surface area contributed by atoms with E-state index in [2.05, 4.69) is 5.32 Å². The normalized spacial score (nSPS) is 11.2. The van der Waals surface area contributed by atoms with Crippen molar-refractivity contribution in [2.45, 2.75) is 26.3 Å². The number of carbonyl (C=O) groups is 2. The minimum atomic E-state index is -0.329. The number of rotatable bonds is 6. The van der Waals surface area contributed by atoms with Gasteiger partial charge in [0, 0.05) is 24.2 Å². The number of hydrogen-bond donors (Lipinski definition) is 1. The molecule has 0 aromatic heterocycles. The first kappa shape index (κ1) is 19.5. The lowest BCUT2D eigenvalue weighted by atomic mass is 10.1. The Morgan fingerprint density at radius 1 is 1.21 bits per heavy atom. The Labute approximate surface area is 143 Å². The van der Waals surface area contributed by atoms with Gasteiger partial charge in [-0.1, -0.05) is 12.1 Å². The predicted molar refractivity (Wildman–Crippen MR) is 94.1 cm³/mol. The predicted octanol–water partition coefficient (Wildman–Crippen LogP) is 2.09. The smallest absolute Gasteiger partial charge is 0.246 e. The second-order valence-electron chi connectivity index (χ2n) is 6.41. The number of hydrogen-bond acceptors (Lipinski definition) is 4. The van der Waals surface area contributed by atoms with Gasteiger partial charge in [0.05, 0.1) is 20.8 Å². The first-order chi connectivity index (χ1) is 11.2. The molecular weight excluding hydrogens is 308 g/mol. The number of methoxy groups -OCH3 is 2. The quantitative estimate of drug-likeness (QED) is 0.809. The molecule has 0 aliphatic rings. The SMILES string of the molecule is COc1cccc(/C=C/C(=O)N(C)CC(=O)NC(C)(C)C)c1OC. The van der Waals surface area contributed by atoms with Crippen molar-refractivity contribution in [1.29, 1.82) is 0 Å². The van der Waals surface area contributed by atoms with Gasteiger partial charge in [0.2, 0.25) is 11.8 Å². The summed E-state index contributed by atoms with van der Waals surface area (Å²) in [6.45, 7) is 5.67. The van der Waals surface area contributed by atoms with Gasteiger partial charge in [-0.2, -0.15) is 0 Å². The number of nitrogens with one attached hydrogen (secondary N) is 1. The fourth-order valence-corrected chi connectivity index (χ4v) is 2.08. The third-order valence-electron chi connectivity index (χ3n) is 3.11. The van der Waals surface area contributed by atoms with Crippen molar-refractivity contribution in [1.82, 2.24) is 10.2 Å². The van der Waals surface area contributed by atoms with Crippen LogP contribution in [0.1, 0.15) is 26.3 Å². The van der Waals surface area contributed by atoms with Crippen molar-refractivity contribution < 1.29 is 19.1 Å². The number of carbonyl (C=O) groups excluding carboxylic acids is 2. The average molecular weight is 334 g/mol. The number of para-hydroxylation sites is 1. The van der Waals surface area contributed by atoms with Gasteiger partial charge in [0.25, 0.3) is 0 Å². The topological polar surface area (TPSA) is 67.9 Å². The standard InChI is InChI=1S/C18H26N2O4/c1-18(2,3)19-15(21)12-20(4)16(22)11-10-13-8-7-9-14(23-5)17(13)24-6/h7-11H,12H2,1-6H3,(H,19,21)/b11-10+. The van der Waals surface area contributed by atoms with Crippen LogP contribution in [0.3, 0.4) is 0 Å². The first-order valence-electron chi connectivity index (χ1n) is 7.63. The molecule has 132 valence electrons. The average Bonchev–Trinajstić information content (AvgIpc) is 2.49. The minimum Gasteiger partial charge on any atom is -0.493 e. The van der Waals surface area contributed by atoms with Gasteiger partial charge in [-0.05, 0) is 32.9 Å². The number of ether oxygens (including phenoxy) is 2. The highest BCUT2D eigenvalue weighted by Gasteiger charge is 2.16. The molecule has 24 heavy (non-hydrogen) atoms. The summed E-state index contributed by atoms with van der Waals surface area (Å²) in [5, 5.41) is 2.82. The third-order valence-corrected chi connectivity index (χ3v) is 3.11. The molecule has 2 amide bonds. The number of nitrogens with zero attached hydrogens (tertiary/aromatic N) is 1. The molecule has 0 saturated heterocycles. The summed E-state index contributed by atoms with van der Waals surface area (Å²) in [6.07, 6.45) is 3.05. The molecule has 0 radical (unpaired) electrons. The van der Waals surface area contributed by atoms with E-state index in [4.69, 9.17) is 9.47 Å². The van der Waals surface area contributed by atoms with Crippen LogP contribution in [-0.2, 0) is 9.59 Å². The molecule has 0 atom stereocenters. The van der Waals surface area contributed by atoms with E-state index in [-0.39, 0.29) is 23.9 Å². The van der Waals surface area contributed by atoms with Gasteiger partial charge >= 0.3 is 0 Å². The highest BCUT2D eigenvalue weighted by Crippen LogP contribution is 2.31. The molecule has 0 heterocycles. The Balaban J connectivity index is 2.77. The Morgan fingerprint density at radius 2 is 1.88 bits per heavy atom. The fourth-order valence-electron chi connectivity index (χ4n) is 2.08. The zero-order chi connectivity index (χ0) is 18.3. The lowest BCUT2D eigenvalue weighted by Crippen LogP contribution is -2.46. The third kappa shape index (κ3) is 5.95. The summed E-state index contributed by atoms with van der Waals surface area (Å²) in [6, 6.07) is 5.41. The molecule has 1 rings (SSSR count). The second kappa shape index (κ2) is 8.38. The van der Waals surface area contributed by atoms with Crippen LogP contribution in [0.4, 0.5) is 0 Å². The van der Waals surface area contributed by atoms with E-state index < -0.39 is 0 Å². The van der Waals surface area contributed by atoms with Gasteiger partial charge in [0.15, 0.2) is 11.5 Å². The molecular formula is C18H26N2O4. The number of likely N-dealkylation sites (N-methyl/N-ethyl adjacent to an activating group) is 1. The van der Waals surface area contributed by atoms with Crippen LogP contribution in [0.25, 0.3) is 6.08 Å². The minimum absolute atomic E-state index is 0.00428. The molecule has 0 spiro atoms. The molecule has 1 aromatic carbocycles. The monoisotopic (exact) mass is 334 g/mol. The second-order valence-corrected chi connectivity index (χ2v) is 6.41. The van der Waals surface area contributed by atoms with Gasteiger partial charge < -0.3 is 19.7 Å². The van der Waals surface area contributed by atoms with Crippen LogP contribution in [0.15, 0.2) is 24.3 Å². The molecule has 6 nitrogen and oxygen atoms in total. The molecule has 1 N–H and O–H groups in total. The molecule has 0 unspecified atom stereocenters. The van der Waals surface area contributed by atoms with Crippen molar-refractivity contribution in [3.8, 4) is 11.5 Å². The Morgan fingerprint density at radius 3 is 2.42 bits per heavy atom. The van der Waals surface area contributed by atoms with E-state index in [9.17, 15) is 9.59 Å². The van der Waals surface area contributed by atoms with E-state index >= 15 is 0 Å². The Kier molecular flexibility index (Phi) is 6.82. The molecule has 6 heteroatoms. The Hall–Kier alpha value is -2.50.